The number of hydrogen-bond acceptors (Lipinski definition) is 7. The van der Waals surface area contributed by atoms with Gasteiger partial charge in [0.1, 0.15) is 19.0 Å². The molecule has 172 valence electrons. The minimum atomic E-state index is -0.904. The molecule has 0 aliphatic carbocycles. The maximum atomic E-state index is 11.6. The Hall–Kier alpha value is -3.62. The van der Waals surface area contributed by atoms with Gasteiger partial charge in [0.2, 0.25) is 0 Å². The van der Waals surface area contributed by atoms with Crippen LogP contribution in [-0.4, -0.2) is 50.6 Å². The van der Waals surface area contributed by atoms with E-state index in [0.29, 0.717) is 24.8 Å². The standard InChI is InChI=1S/C24H27N5O4/c30-22(31)14-20(17-13-21-24(26-15-17)33-12-11-32-21)29-10-8-19(28-29)5-1-4-18-7-6-16-3-2-9-25-23(16)27-18/h6-8,10,13,15,20H,1-5,9,11-12,14H2,(H,25,27)(H,30,31). The molecule has 0 saturated heterocycles. The molecule has 9 nitrogen and oxygen atoms in total. The Morgan fingerprint density at radius 1 is 1.18 bits per heavy atom. The van der Waals surface area contributed by atoms with Crippen molar-refractivity contribution in [2.75, 3.05) is 25.1 Å². The van der Waals surface area contributed by atoms with Crippen molar-refractivity contribution in [3.8, 4) is 11.6 Å². The highest BCUT2D eigenvalue weighted by atomic mass is 16.6. The van der Waals surface area contributed by atoms with Gasteiger partial charge in [-0.15, -0.1) is 0 Å². The van der Waals surface area contributed by atoms with Crippen molar-refractivity contribution in [1.82, 2.24) is 19.7 Å². The minimum absolute atomic E-state index is 0.103. The van der Waals surface area contributed by atoms with Crippen LogP contribution >= 0.6 is 0 Å². The van der Waals surface area contributed by atoms with Gasteiger partial charge in [0, 0.05) is 24.6 Å². The summed E-state index contributed by atoms with van der Waals surface area (Å²) in [7, 11) is 0. The largest absolute Gasteiger partial charge is 0.484 e. The van der Waals surface area contributed by atoms with Crippen LogP contribution in [0, 0.1) is 0 Å². The Morgan fingerprint density at radius 3 is 2.97 bits per heavy atom. The molecule has 33 heavy (non-hydrogen) atoms. The number of anilines is 1. The van der Waals surface area contributed by atoms with E-state index in [0.717, 1.165) is 61.4 Å². The van der Waals surface area contributed by atoms with E-state index >= 15 is 0 Å². The summed E-state index contributed by atoms with van der Waals surface area (Å²) in [6, 6.07) is 7.56. The number of aryl methyl sites for hydroxylation is 3. The van der Waals surface area contributed by atoms with Gasteiger partial charge in [0.15, 0.2) is 5.75 Å². The van der Waals surface area contributed by atoms with Crippen LogP contribution in [0.3, 0.4) is 0 Å². The number of fused-ring (bicyclic) bond motifs is 2. The van der Waals surface area contributed by atoms with Gasteiger partial charge in [-0.1, -0.05) is 6.07 Å². The molecule has 9 heteroatoms. The molecule has 1 atom stereocenters. The normalized spacial score (nSPS) is 15.4. The summed E-state index contributed by atoms with van der Waals surface area (Å²) in [5.74, 6) is 1.09. The molecule has 0 bridgehead atoms. The zero-order valence-electron chi connectivity index (χ0n) is 18.4. The average molecular weight is 450 g/mol. The lowest BCUT2D eigenvalue weighted by molar-refractivity contribution is -0.137. The second-order valence-electron chi connectivity index (χ2n) is 8.36. The molecule has 2 aliphatic rings. The molecule has 3 aromatic heterocycles. The van der Waals surface area contributed by atoms with Crippen LogP contribution in [0.25, 0.3) is 0 Å². The molecule has 0 radical (unpaired) electrons. The number of nitrogens with zero attached hydrogens (tertiary/aromatic N) is 4. The van der Waals surface area contributed by atoms with Crippen LogP contribution in [0.4, 0.5) is 5.82 Å². The Balaban J connectivity index is 1.26. The monoisotopic (exact) mass is 449 g/mol. The first-order chi connectivity index (χ1) is 16.2. The molecule has 2 aliphatic heterocycles. The van der Waals surface area contributed by atoms with E-state index < -0.39 is 12.0 Å². The van der Waals surface area contributed by atoms with E-state index in [1.54, 1.807) is 16.9 Å². The number of aliphatic carboxylic acids is 1. The number of nitrogens with one attached hydrogen (secondary N) is 1. The van der Waals surface area contributed by atoms with E-state index in [2.05, 4.69) is 27.5 Å². The summed E-state index contributed by atoms with van der Waals surface area (Å²) < 4.78 is 12.8. The van der Waals surface area contributed by atoms with Gasteiger partial charge in [-0.25, -0.2) is 9.97 Å². The zero-order chi connectivity index (χ0) is 22.6. The van der Waals surface area contributed by atoms with E-state index in [-0.39, 0.29) is 6.42 Å². The average Bonchev–Trinajstić information content (AvgIpc) is 3.30. The number of ether oxygens (including phenoxy) is 2. The summed E-state index contributed by atoms with van der Waals surface area (Å²) in [6.07, 6.45) is 8.18. The van der Waals surface area contributed by atoms with Crippen molar-refractivity contribution in [2.45, 2.75) is 44.6 Å². The summed E-state index contributed by atoms with van der Waals surface area (Å²) in [5, 5.41) is 17.5. The van der Waals surface area contributed by atoms with Gasteiger partial charge >= 0.3 is 5.97 Å². The zero-order valence-corrected chi connectivity index (χ0v) is 18.4. The van der Waals surface area contributed by atoms with Crippen molar-refractivity contribution < 1.29 is 19.4 Å². The van der Waals surface area contributed by atoms with Crippen molar-refractivity contribution in [3.05, 3.63) is 59.2 Å². The highest BCUT2D eigenvalue weighted by molar-refractivity contribution is 5.68. The molecule has 5 rings (SSSR count). The van der Waals surface area contributed by atoms with Gasteiger partial charge in [-0.3, -0.25) is 9.48 Å². The van der Waals surface area contributed by atoms with E-state index in [1.807, 2.05) is 12.3 Å². The number of hydrogen-bond donors (Lipinski definition) is 2. The van der Waals surface area contributed by atoms with Gasteiger partial charge in [-0.2, -0.15) is 5.10 Å². The second kappa shape index (κ2) is 9.48. The maximum absolute atomic E-state index is 11.6. The third kappa shape index (κ3) is 4.92. The number of carboxylic acids is 1. The SMILES string of the molecule is O=C(O)CC(c1cnc2c(c1)OCCO2)n1ccc(CCCc2ccc3c(n2)NCCC3)n1. The van der Waals surface area contributed by atoms with Gasteiger partial charge < -0.3 is 19.9 Å². The maximum Gasteiger partial charge on any atom is 0.305 e. The van der Waals surface area contributed by atoms with E-state index in [9.17, 15) is 9.90 Å². The predicted octanol–water partition coefficient (Wildman–Crippen LogP) is 3.04. The van der Waals surface area contributed by atoms with Crippen LogP contribution in [0.5, 0.6) is 11.6 Å². The van der Waals surface area contributed by atoms with Crippen molar-refractivity contribution >= 4 is 11.8 Å². The lowest BCUT2D eigenvalue weighted by Crippen LogP contribution is -2.19. The summed E-state index contributed by atoms with van der Waals surface area (Å²) in [5.41, 5.74) is 4.02. The van der Waals surface area contributed by atoms with Crippen LogP contribution in [0.15, 0.2) is 36.7 Å². The molecule has 0 spiro atoms. The lowest BCUT2D eigenvalue weighted by atomic mass is 10.1. The molecule has 0 saturated carbocycles. The quantitative estimate of drug-likeness (QED) is 0.540. The van der Waals surface area contributed by atoms with Crippen molar-refractivity contribution in [3.63, 3.8) is 0 Å². The first kappa shape index (κ1) is 21.2. The highest BCUT2D eigenvalue weighted by Crippen LogP contribution is 2.32. The first-order valence-corrected chi connectivity index (χ1v) is 11.4. The Bertz CT molecular complexity index is 1150. The summed E-state index contributed by atoms with van der Waals surface area (Å²) >= 11 is 0. The van der Waals surface area contributed by atoms with E-state index in [4.69, 9.17) is 14.5 Å². The Morgan fingerprint density at radius 2 is 2.06 bits per heavy atom. The van der Waals surface area contributed by atoms with Gasteiger partial charge in [0.25, 0.3) is 5.88 Å². The second-order valence-corrected chi connectivity index (χ2v) is 8.36. The number of aromatic nitrogens is 4. The van der Waals surface area contributed by atoms with Crippen LogP contribution in [0.1, 0.15) is 47.8 Å². The minimum Gasteiger partial charge on any atom is -0.484 e. The number of carboxylic acid groups (broad SMARTS) is 1. The smallest absolute Gasteiger partial charge is 0.305 e. The van der Waals surface area contributed by atoms with Crippen molar-refractivity contribution in [2.24, 2.45) is 0 Å². The van der Waals surface area contributed by atoms with Gasteiger partial charge in [-0.05, 0) is 61.4 Å². The van der Waals surface area contributed by atoms with Crippen LogP contribution < -0.4 is 14.8 Å². The summed E-state index contributed by atoms with van der Waals surface area (Å²) in [4.78, 5) is 20.6. The molecule has 0 amide bonds. The highest BCUT2D eigenvalue weighted by Gasteiger charge is 2.23. The van der Waals surface area contributed by atoms with Crippen molar-refractivity contribution in [1.29, 1.82) is 0 Å². The third-order valence-corrected chi connectivity index (χ3v) is 5.97. The first-order valence-electron chi connectivity index (χ1n) is 11.4. The fraction of sp³-hybridized carbons (Fsp3) is 0.417. The number of rotatable bonds is 8. The Kier molecular flexibility index (Phi) is 6.10. The summed E-state index contributed by atoms with van der Waals surface area (Å²) in [6.45, 7) is 1.89. The lowest BCUT2D eigenvalue weighted by Gasteiger charge is -2.21. The van der Waals surface area contributed by atoms with E-state index in [1.165, 1.54) is 5.56 Å². The molecule has 0 fully saturated rings. The number of carbonyl (C=O) groups is 1. The third-order valence-electron chi connectivity index (χ3n) is 5.97. The molecular weight excluding hydrogens is 422 g/mol. The molecular formula is C24H27N5O4. The van der Waals surface area contributed by atoms with Crippen LogP contribution in [-0.2, 0) is 24.1 Å². The molecule has 1 unspecified atom stereocenters. The van der Waals surface area contributed by atoms with Gasteiger partial charge in [0.05, 0.1) is 18.2 Å². The predicted molar refractivity (Wildman–Crippen MR) is 121 cm³/mol. The molecule has 2 N–H and O–H groups in total. The van der Waals surface area contributed by atoms with Crippen LogP contribution in [0.2, 0.25) is 0 Å². The fourth-order valence-corrected chi connectivity index (χ4v) is 4.30. The Labute approximate surface area is 191 Å². The molecule has 5 heterocycles. The number of pyridine rings is 2. The topological polar surface area (TPSA) is 111 Å². The fourth-order valence-electron chi connectivity index (χ4n) is 4.30. The molecule has 3 aromatic rings. The molecule has 0 aromatic carbocycles.